The highest BCUT2D eigenvalue weighted by Crippen LogP contribution is 2.44. The van der Waals surface area contributed by atoms with Gasteiger partial charge in [0.2, 0.25) is 0 Å². The smallest absolute Gasteiger partial charge is 0.306 e. The predicted octanol–water partition coefficient (Wildman–Crippen LogP) is 6.95. The number of halogens is 6. The molecule has 0 aromatic heterocycles. The van der Waals surface area contributed by atoms with Crippen LogP contribution in [0.1, 0.15) is 46.4 Å². The van der Waals surface area contributed by atoms with Crippen molar-refractivity contribution in [3.63, 3.8) is 0 Å². The lowest BCUT2D eigenvalue weighted by atomic mass is 10.1. The van der Waals surface area contributed by atoms with Gasteiger partial charge in [0, 0.05) is 13.0 Å². The second-order valence-electron chi connectivity index (χ2n) is 7.39. The van der Waals surface area contributed by atoms with E-state index in [1.807, 2.05) is 0 Å². The molecule has 0 saturated carbocycles. The van der Waals surface area contributed by atoms with Gasteiger partial charge in [0.15, 0.2) is 6.61 Å². The molecule has 1 aliphatic heterocycles. The number of amides is 3. The fourth-order valence-electron chi connectivity index (χ4n) is 3.32. The summed E-state index contributed by atoms with van der Waals surface area (Å²) in [5, 5.41) is 2.53. The third kappa shape index (κ3) is 6.16. The summed E-state index contributed by atoms with van der Waals surface area (Å²) < 4.78 is 4.95. The van der Waals surface area contributed by atoms with Gasteiger partial charge in [0.25, 0.3) is 17.7 Å². The summed E-state index contributed by atoms with van der Waals surface area (Å²) in [7, 11) is 0. The molecule has 0 fully saturated rings. The molecule has 13 heteroatoms. The Bertz CT molecular complexity index is 1170. The van der Waals surface area contributed by atoms with Gasteiger partial charge in [-0.15, -0.1) is 0 Å². The summed E-state index contributed by atoms with van der Waals surface area (Å²) in [6, 6.07) is 4.75. The van der Waals surface area contributed by atoms with Crippen LogP contribution in [0.4, 0.5) is 5.69 Å². The topological polar surface area (TPSA) is 92.8 Å². The van der Waals surface area contributed by atoms with Crippen molar-refractivity contribution in [3.05, 3.63) is 59.5 Å². The summed E-state index contributed by atoms with van der Waals surface area (Å²) in [5.41, 5.74) is 0.162. The highest BCUT2D eigenvalue weighted by atomic mass is 35.5. The minimum Gasteiger partial charge on any atom is -0.456 e. The van der Waals surface area contributed by atoms with E-state index in [0.29, 0.717) is 24.9 Å². The number of carbonyl (C=O) groups is 4. The first kappa shape index (κ1) is 27.8. The number of anilines is 1. The number of rotatable bonds is 9. The SMILES string of the molecule is O=C(COC(=O)CCCCCN1C(=O)c2c(Cl)c(Cl)c(Cl)c(Cl)c2C1=O)Nc1cccc(Cl)c1Cl. The largest absolute Gasteiger partial charge is 0.456 e. The standard InChI is InChI=1S/C22H16Cl6N2O5/c23-10-5-4-6-11(16(10)24)29-12(31)9-35-13(32)7-2-1-3-8-30-21(33)14-15(22(30)34)18(26)20(28)19(27)17(14)25/h4-6H,1-3,7-9H2,(H,29,31). The molecule has 35 heavy (non-hydrogen) atoms. The normalized spacial score (nSPS) is 12.7. The predicted molar refractivity (Wildman–Crippen MR) is 136 cm³/mol. The Hall–Kier alpha value is -1.74. The second kappa shape index (κ2) is 12.0. The molecule has 3 amide bonds. The number of hydrogen-bond donors (Lipinski definition) is 1. The first-order valence-corrected chi connectivity index (χ1v) is 12.4. The highest BCUT2D eigenvalue weighted by Gasteiger charge is 2.41. The first-order valence-electron chi connectivity index (χ1n) is 10.2. The Labute approximate surface area is 230 Å². The number of fused-ring (bicyclic) bond motifs is 1. The average Bonchev–Trinajstić information content (AvgIpc) is 3.07. The minimum atomic E-state index is -0.610. The van der Waals surface area contributed by atoms with Gasteiger partial charge in [-0.1, -0.05) is 82.1 Å². The Balaban J connectivity index is 1.41. The van der Waals surface area contributed by atoms with Gasteiger partial charge in [-0.3, -0.25) is 24.1 Å². The van der Waals surface area contributed by atoms with Gasteiger partial charge in [0.1, 0.15) is 0 Å². The number of nitrogens with one attached hydrogen (secondary N) is 1. The summed E-state index contributed by atoms with van der Waals surface area (Å²) in [5.74, 6) is -2.35. The van der Waals surface area contributed by atoms with Crippen LogP contribution in [0.5, 0.6) is 0 Å². The van der Waals surface area contributed by atoms with Gasteiger partial charge >= 0.3 is 5.97 Å². The lowest BCUT2D eigenvalue weighted by molar-refractivity contribution is -0.147. The molecule has 3 rings (SSSR count). The number of carbonyl (C=O) groups excluding carboxylic acids is 4. The number of imide groups is 1. The Kier molecular flexibility index (Phi) is 9.54. The van der Waals surface area contributed by atoms with E-state index in [9.17, 15) is 19.2 Å². The van der Waals surface area contributed by atoms with E-state index in [2.05, 4.69) is 5.32 Å². The number of nitrogens with zero attached hydrogens (tertiary/aromatic N) is 1. The molecule has 2 aromatic carbocycles. The number of unbranched alkanes of at least 4 members (excludes halogenated alkanes) is 2. The molecule has 0 unspecified atom stereocenters. The van der Waals surface area contributed by atoms with Gasteiger partial charge in [-0.25, -0.2) is 0 Å². The van der Waals surface area contributed by atoms with Crippen LogP contribution in [-0.4, -0.2) is 41.7 Å². The number of benzene rings is 2. The zero-order valence-electron chi connectivity index (χ0n) is 17.7. The molecule has 1 N–H and O–H groups in total. The molecule has 0 spiro atoms. The van der Waals surface area contributed by atoms with E-state index >= 15 is 0 Å². The van der Waals surface area contributed by atoms with Crippen LogP contribution in [0.25, 0.3) is 0 Å². The first-order chi connectivity index (χ1) is 16.5. The Morgan fingerprint density at radius 1 is 0.800 bits per heavy atom. The molecule has 1 heterocycles. The summed E-state index contributed by atoms with van der Waals surface area (Å²) >= 11 is 36.1. The van der Waals surface area contributed by atoms with Crippen LogP contribution in [0.15, 0.2) is 18.2 Å². The molecule has 0 saturated heterocycles. The number of hydrogen-bond acceptors (Lipinski definition) is 5. The van der Waals surface area contributed by atoms with E-state index in [0.717, 1.165) is 4.90 Å². The maximum atomic E-state index is 12.7. The van der Waals surface area contributed by atoms with E-state index < -0.39 is 30.3 Å². The van der Waals surface area contributed by atoms with Gasteiger partial charge < -0.3 is 10.1 Å². The summed E-state index contributed by atoms with van der Waals surface area (Å²) in [6.45, 7) is -0.393. The molecule has 1 aliphatic rings. The lowest BCUT2D eigenvalue weighted by Gasteiger charge is -2.13. The molecular formula is C22H16Cl6N2O5. The van der Waals surface area contributed by atoms with Crippen LogP contribution < -0.4 is 5.32 Å². The monoisotopic (exact) mass is 598 g/mol. The van der Waals surface area contributed by atoms with Crippen molar-refractivity contribution in [2.75, 3.05) is 18.5 Å². The van der Waals surface area contributed by atoms with Crippen molar-refractivity contribution < 1.29 is 23.9 Å². The fourth-order valence-corrected chi connectivity index (χ4v) is 4.68. The second-order valence-corrected chi connectivity index (χ2v) is 9.69. The Morgan fingerprint density at radius 2 is 1.40 bits per heavy atom. The molecule has 0 radical (unpaired) electrons. The van der Waals surface area contributed by atoms with Crippen LogP contribution in [-0.2, 0) is 14.3 Å². The average molecular weight is 601 g/mol. The highest BCUT2D eigenvalue weighted by molar-refractivity contribution is 6.55. The van der Waals surface area contributed by atoms with E-state index in [1.165, 1.54) is 0 Å². The zero-order valence-corrected chi connectivity index (χ0v) is 22.3. The van der Waals surface area contributed by atoms with E-state index in [-0.39, 0.29) is 54.2 Å². The van der Waals surface area contributed by atoms with Crippen molar-refractivity contribution in [3.8, 4) is 0 Å². The molecule has 7 nitrogen and oxygen atoms in total. The van der Waals surface area contributed by atoms with Gasteiger partial charge in [-0.2, -0.15) is 0 Å². The van der Waals surface area contributed by atoms with Crippen molar-refractivity contribution in [2.45, 2.75) is 25.7 Å². The molecule has 186 valence electrons. The third-order valence-corrected chi connectivity index (χ3v) is 7.66. The maximum absolute atomic E-state index is 12.7. The van der Waals surface area contributed by atoms with Crippen LogP contribution in [0.2, 0.25) is 30.1 Å². The third-order valence-electron chi connectivity index (χ3n) is 5.04. The van der Waals surface area contributed by atoms with E-state index in [1.54, 1.807) is 18.2 Å². The summed E-state index contributed by atoms with van der Waals surface area (Å²) in [6.07, 6.45) is 1.40. The van der Waals surface area contributed by atoms with Crippen LogP contribution >= 0.6 is 69.6 Å². The number of ether oxygens (including phenoxy) is 1. The van der Waals surface area contributed by atoms with Crippen molar-refractivity contribution >= 4 is 99.0 Å². The van der Waals surface area contributed by atoms with Crippen molar-refractivity contribution in [1.29, 1.82) is 0 Å². The van der Waals surface area contributed by atoms with Crippen molar-refractivity contribution in [1.82, 2.24) is 4.90 Å². The van der Waals surface area contributed by atoms with Crippen molar-refractivity contribution in [2.24, 2.45) is 0 Å². The molecule has 2 aromatic rings. The van der Waals surface area contributed by atoms with Crippen LogP contribution in [0, 0.1) is 0 Å². The zero-order chi connectivity index (χ0) is 25.9. The lowest BCUT2D eigenvalue weighted by Crippen LogP contribution is -2.30. The minimum absolute atomic E-state index is 0.0518. The van der Waals surface area contributed by atoms with Crippen LogP contribution in [0.3, 0.4) is 0 Å². The molecule has 0 bridgehead atoms. The molecular weight excluding hydrogens is 585 g/mol. The quantitative estimate of drug-likeness (QED) is 0.111. The summed E-state index contributed by atoms with van der Waals surface area (Å²) in [4.78, 5) is 50.2. The molecule has 0 atom stereocenters. The number of esters is 1. The maximum Gasteiger partial charge on any atom is 0.306 e. The Morgan fingerprint density at radius 3 is 2.00 bits per heavy atom. The fraction of sp³-hybridized carbons (Fsp3) is 0.273. The molecule has 0 aliphatic carbocycles. The van der Waals surface area contributed by atoms with Gasteiger partial charge in [-0.05, 0) is 25.0 Å². The van der Waals surface area contributed by atoms with E-state index in [4.69, 9.17) is 74.3 Å². The van der Waals surface area contributed by atoms with Gasteiger partial charge in [0.05, 0.1) is 47.0 Å².